The van der Waals surface area contributed by atoms with Crippen LogP contribution in [0.1, 0.15) is 46.0 Å². The molecule has 0 saturated heterocycles. The maximum Gasteiger partial charge on any atom is 0.00671 e. The standard InChI is InChI=1S/C11H21N/c1-11(2)7-9(11)8-12-10-5-3-4-6-10/h9-10,12H,3-8H2,1-2H3. The summed E-state index contributed by atoms with van der Waals surface area (Å²) >= 11 is 0. The van der Waals surface area contributed by atoms with Crippen molar-refractivity contribution in [2.75, 3.05) is 6.54 Å². The zero-order valence-electron chi connectivity index (χ0n) is 8.40. The number of rotatable bonds is 3. The molecule has 1 nitrogen and oxygen atoms in total. The van der Waals surface area contributed by atoms with Crippen molar-refractivity contribution in [3.05, 3.63) is 0 Å². The summed E-state index contributed by atoms with van der Waals surface area (Å²) in [5, 5.41) is 3.70. The summed E-state index contributed by atoms with van der Waals surface area (Å²) in [6, 6.07) is 0.862. The van der Waals surface area contributed by atoms with Crippen molar-refractivity contribution >= 4 is 0 Å². The Labute approximate surface area is 75.9 Å². The van der Waals surface area contributed by atoms with Gasteiger partial charge in [0, 0.05) is 6.04 Å². The maximum atomic E-state index is 3.70. The largest absolute Gasteiger partial charge is 0.314 e. The van der Waals surface area contributed by atoms with Crippen LogP contribution >= 0.6 is 0 Å². The van der Waals surface area contributed by atoms with Gasteiger partial charge in [-0.05, 0) is 37.1 Å². The van der Waals surface area contributed by atoms with Crippen LogP contribution in [-0.4, -0.2) is 12.6 Å². The summed E-state index contributed by atoms with van der Waals surface area (Å²) in [5.41, 5.74) is 0.658. The van der Waals surface area contributed by atoms with E-state index in [1.807, 2.05) is 0 Å². The third kappa shape index (κ3) is 1.82. The van der Waals surface area contributed by atoms with E-state index in [2.05, 4.69) is 19.2 Å². The van der Waals surface area contributed by atoms with E-state index < -0.39 is 0 Å². The van der Waals surface area contributed by atoms with Gasteiger partial charge in [0.2, 0.25) is 0 Å². The van der Waals surface area contributed by atoms with Gasteiger partial charge in [0.1, 0.15) is 0 Å². The van der Waals surface area contributed by atoms with Crippen LogP contribution in [0.25, 0.3) is 0 Å². The van der Waals surface area contributed by atoms with Gasteiger partial charge < -0.3 is 5.32 Å². The normalized spacial score (nSPS) is 34.0. The van der Waals surface area contributed by atoms with E-state index in [1.54, 1.807) is 0 Å². The molecule has 0 heterocycles. The van der Waals surface area contributed by atoms with Gasteiger partial charge in [-0.1, -0.05) is 26.7 Å². The van der Waals surface area contributed by atoms with Crippen LogP contribution in [-0.2, 0) is 0 Å². The molecular formula is C11H21N. The molecule has 0 aromatic heterocycles. The van der Waals surface area contributed by atoms with Gasteiger partial charge in [-0.2, -0.15) is 0 Å². The van der Waals surface area contributed by atoms with Crippen LogP contribution in [0.5, 0.6) is 0 Å². The lowest BCUT2D eigenvalue weighted by atomic mass is 10.1. The molecule has 2 saturated carbocycles. The van der Waals surface area contributed by atoms with Gasteiger partial charge in [0.25, 0.3) is 0 Å². The van der Waals surface area contributed by atoms with Crippen molar-refractivity contribution in [3.63, 3.8) is 0 Å². The van der Waals surface area contributed by atoms with Crippen LogP contribution in [0.3, 0.4) is 0 Å². The van der Waals surface area contributed by atoms with Crippen molar-refractivity contribution in [2.45, 2.75) is 52.0 Å². The molecule has 2 aliphatic rings. The third-order valence-electron chi connectivity index (χ3n) is 3.73. The highest BCUT2D eigenvalue weighted by Gasteiger charge is 2.45. The predicted molar refractivity (Wildman–Crippen MR) is 52.1 cm³/mol. The molecule has 1 unspecified atom stereocenters. The van der Waals surface area contributed by atoms with E-state index in [1.165, 1.54) is 38.6 Å². The minimum absolute atomic E-state index is 0.658. The topological polar surface area (TPSA) is 12.0 Å². The molecule has 2 fully saturated rings. The molecule has 0 aliphatic heterocycles. The minimum atomic E-state index is 0.658. The van der Waals surface area contributed by atoms with Crippen LogP contribution in [0.2, 0.25) is 0 Å². The zero-order valence-corrected chi connectivity index (χ0v) is 8.40. The Balaban J connectivity index is 1.63. The molecule has 0 radical (unpaired) electrons. The summed E-state index contributed by atoms with van der Waals surface area (Å²) in [6.07, 6.45) is 7.18. The van der Waals surface area contributed by atoms with Gasteiger partial charge >= 0.3 is 0 Å². The number of nitrogens with one attached hydrogen (secondary N) is 1. The monoisotopic (exact) mass is 167 g/mol. The zero-order chi connectivity index (χ0) is 8.60. The first kappa shape index (κ1) is 8.55. The van der Waals surface area contributed by atoms with E-state index in [4.69, 9.17) is 0 Å². The number of hydrogen-bond acceptors (Lipinski definition) is 1. The lowest BCUT2D eigenvalue weighted by Gasteiger charge is -2.12. The van der Waals surface area contributed by atoms with E-state index in [9.17, 15) is 0 Å². The molecular weight excluding hydrogens is 146 g/mol. The van der Waals surface area contributed by atoms with E-state index in [-0.39, 0.29) is 0 Å². The van der Waals surface area contributed by atoms with Crippen molar-refractivity contribution in [1.82, 2.24) is 5.32 Å². The van der Waals surface area contributed by atoms with Gasteiger partial charge in [0.15, 0.2) is 0 Å². The molecule has 0 spiro atoms. The first-order valence-electron chi connectivity index (χ1n) is 5.42. The highest BCUT2D eigenvalue weighted by Crippen LogP contribution is 2.51. The fraction of sp³-hybridized carbons (Fsp3) is 1.00. The Morgan fingerprint density at radius 1 is 1.25 bits per heavy atom. The molecule has 0 amide bonds. The van der Waals surface area contributed by atoms with Gasteiger partial charge in [0.05, 0.1) is 0 Å². The summed E-state index contributed by atoms with van der Waals surface area (Å²) < 4.78 is 0. The quantitative estimate of drug-likeness (QED) is 0.681. The minimum Gasteiger partial charge on any atom is -0.314 e. The van der Waals surface area contributed by atoms with E-state index in [0.29, 0.717) is 5.41 Å². The van der Waals surface area contributed by atoms with Crippen molar-refractivity contribution in [1.29, 1.82) is 0 Å². The van der Waals surface area contributed by atoms with Crippen LogP contribution in [0.4, 0.5) is 0 Å². The molecule has 1 N–H and O–H groups in total. The van der Waals surface area contributed by atoms with Crippen LogP contribution in [0, 0.1) is 11.3 Å². The molecule has 1 heteroatoms. The molecule has 2 aliphatic carbocycles. The lowest BCUT2D eigenvalue weighted by Crippen LogP contribution is -2.28. The average molecular weight is 167 g/mol. The van der Waals surface area contributed by atoms with E-state index in [0.717, 1.165) is 12.0 Å². The summed E-state index contributed by atoms with van der Waals surface area (Å²) in [6.45, 7) is 6.04. The predicted octanol–water partition coefficient (Wildman–Crippen LogP) is 2.56. The Hall–Kier alpha value is -0.0400. The van der Waals surface area contributed by atoms with Crippen LogP contribution < -0.4 is 5.32 Å². The SMILES string of the molecule is CC1(C)CC1CNC1CCCC1. The molecule has 70 valence electrons. The smallest absolute Gasteiger partial charge is 0.00671 e. The molecule has 0 aromatic carbocycles. The Morgan fingerprint density at radius 2 is 1.83 bits per heavy atom. The molecule has 0 bridgehead atoms. The Morgan fingerprint density at radius 3 is 2.33 bits per heavy atom. The van der Waals surface area contributed by atoms with Crippen LogP contribution in [0.15, 0.2) is 0 Å². The second kappa shape index (κ2) is 3.02. The maximum absolute atomic E-state index is 3.70. The highest BCUT2D eigenvalue weighted by molar-refractivity contribution is 4.96. The summed E-state index contributed by atoms with van der Waals surface area (Å²) in [4.78, 5) is 0. The fourth-order valence-corrected chi connectivity index (χ4v) is 2.36. The summed E-state index contributed by atoms with van der Waals surface area (Å²) in [7, 11) is 0. The van der Waals surface area contributed by atoms with Crippen molar-refractivity contribution < 1.29 is 0 Å². The van der Waals surface area contributed by atoms with Gasteiger partial charge in [-0.3, -0.25) is 0 Å². The molecule has 2 rings (SSSR count). The van der Waals surface area contributed by atoms with Gasteiger partial charge in [-0.15, -0.1) is 0 Å². The van der Waals surface area contributed by atoms with Crippen molar-refractivity contribution in [2.24, 2.45) is 11.3 Å². The number of hydrogen-bond donors (Lipinski definition) is 1. The second-order valence-corrected chi connectivity index (χ2v) is 5.28. The molecule has 0 aromatic rings. The Kier molecular flexibility index (Phi) is 2.16. The van der Waals surface area contributed by atoms with Gasteiger partial charge in [-0.25, -0.2) is 0 Å². The molecule has 12 heavy (non-hydrogen) atoms. The Bertz CT molecular complexity index is 152. The third-order valence-corrected chi connectivity index (χ3v) is 3.73. The van der Waals surface area contributed by atoms with E-state index >= 15 is 0 Å². The fourth-order valence-electron chi connectivity index (χ4n) is 2.36. The lowest BCUT2D eigenvalue weighted by molar-refractivity contribution is 0.464. The van der Waals surface area contributed by atoms with Crippen molar-refractivity contribution in [3.8, 4) is 0 Å². The summed E-state index contributed by atoms with van der Waals surface area (Å²) in [5.74, 6) is 0.970. The second-order valence-electron chi connectivity index (χ2n) is 5.28. The molecule has 1 atom stereocenters. The first-order chi connectivity index (χ1) is 5.68. The first-order valence-corrected chi connectivity index (χ1v) is 5.42. The average Bonchev–Trinajstić information content (AvgIpc) is 2.54. The highest BCUT2D eigenvalue weighted by atomic mass is 14.9.